The molecule has 188 valence electrons. The fourth-order valence-corrected chi connectivity index (χ4v) is 7.75. The highest BCUT2D eigenvalue weighted by Gasteiger charge is 2.34. The van der Waals surface area contributed by atoms with Gasteiger partial charge in [-0.1, -0.05) is 122 Å². The Kier molecular flexibility index (Phi) is 11.4. The molecule has 1 aliphatic rings. The summed E-state index contributed by atoms with van der Waals surface area (Å²) in [6.07, 6.45) is 11.1. The Bertz CT molecular complexity index is 808. The van der Waals surface area contributed by atoms with E-state index in [0.29, 0.717) is 10.9 Å². The summed E-state index contributed by atoms with van der Waals surface area (Å²) >= 11 is 3.95. The summed E-state index contributed by atoms with van der Waals surface area (Å²) in [4.78, 5) is 0.533. The second-order valence-electron chi connectivity index (χ2n) is 11.1. The van der Waals surface area contributed by atoms with Gasteiger partial charge in [0, 0.05) is 4.83 Å². The van der Waals surface area contributed by atoms with Gasteiger partial charge in [0.25, 0.3) is 0 Å². The van der Waals surface area contributed by atoms with Crippen LogP contribution in [0.3, 0.4) is 0 Å². The first-order valence-corrected chi connectivity index (χ1v) is 17.9. The molecule has 2 nitrogen and oxygen atoms in total. The van der Waals surface area contributed by atoms with Crippen molar-refractivity contribution in [1.29, 1.82) is 0 Å². The van der Waals surface area contributed by atoms with Gasteiger partial charge >= 0.3 is 0 Å². The Morgan fingerprint density at radius 1 is 0.941 bits per heavy atom. The molecule has 1 aliphatic heterocycles. The molecule has 5 atom stereocenters. The third kappa shape index (κ3) is 9.26. The van der Waals surface area contributed by atoms with Gasteiger partial charge in [-0.05, 0) is 49.7 Å². The Morgan fingerprint density at radius 3 is 2.24 bits per heavy atom. The lowest BCUT2D eigenvalue weighted by Gasteiger charge is -2.38. The maximum Gasteiger partial charge on any atom is 0.0842 e. The molecule has 3 rings (SSSR count). The molecule has 0 unspecified atom stereocenters. The molecule has 34 heavy (non-hydrogen) atoms. The molecule has 2 aromatic rings. The van der Waals surface area contributed by atoms with Crippen LogP contribution in [0.1, 0.15) is 75.1 Å². The third-order valence-electron chi connectivity index (χ3n) is 6.89. The normalized spacial score (nSPS) is 22.9. The van der Waals surface area contributed by atoms with E-state index in [0.717, 1.165) is 38.5 Å². The summed E-state index contributed by atoms with van der Waals surface area (Å²) in [5, 5.41) is 0. The van der Waals surface area contributed by atoms with E-state index in [1.807, 2.05) is 0 Å². The van der Waals surface area contributed by atoms with Crippen LogP contribution in [0.2, 0.25) is 19.6 Å². The van der Waals surface area contributed by atoms with Crippen LogP contribution in [0, 0.1) is 0 Å². The molecule has 0 spiro atoms. The van der Waals surface area contributed by atoms with Crippen LogP contribution in [0.4, 0.5) is 0 Å². The quantitative estimate of drug-likeness (QED) is 0.142. The van der Waals surface area contributed by atoms with Crippen LogP contribution in [0.25, 0.3) is 0 Å². The van der Waals surface area contributed by atoms with Crippen molar-refractivity contribution < 1.29 is 9.47 Å². The van der Waals surface area contributed by atoms with Crippen LogP contribution in [-0.4, -0.2) is 31.2 Å². The molecule has 0 amide bonds. The number of ether oxygens (including phenoxy) is 2. The van der Waals surface area contributed by atoms with Gasteiger partial charge in [0.1, 0.15) is 0 Å². The van der Waals surface area contributed by atoms with Crippen molar-refractivity contribution in [1.82, 2.24) is 0 Å². The average molecular weight is 546 g/mol. The minimum Gasteiger partial charge on any atom is -0.375 e. The zero-order chi connectivity index (χ0) is 24.4. The molecule has 0 radical (unpaired) electrons. The van der Waals surface area contributed by atoms with Gasteiger partial charge in [0.15, 0.2) is 0 Å². The topological polar surface area (TPSA) is 18.5 Å². The lowest BCUT2D eigenvalue weighted by Crippen LogP contribution is -2.39. The highest BCUT2D eigenvalue weighted by molar-refractivity contribution is 9.09. The summed E-state index contributed by atoms with van der Waals surface area (Å²) in [7, 11) is -1.55. The van der Waals surface area contributed by atoms with E-state index in [1.54, 1.807) is 0 Å². The number of halogens is 1. The number of hydrogen-bond acceptors (Lipinski definition) is 2. The van der Waals surface area contributed by atoms with Crippen LogP contribution in [0.15, 0.2) is 60.7 Å². The van der Waals surface area contributed by atoms with Crippen molar-refractivity contribution in [2.75, 3.05) is 0 Å². The van der Waals surface area contributed by atoms with E-state index >= 15 is 0 Å². The lowest BCUT2D eigenvalue weighted by molar-refractivity contribution is -0.0850. The smallest absolute Gasteiger partial charge is 0.0842 e. The first-order valence-electron chi connectivity index (χ1n) is 13.4. The lowest BCUT2D eigenvalue weighted by atomic mass is 9.95. The van der Waals surface area contributed by atoms with Crippen LogP contribution < -0.4 is 0 Å². The van der Waals surface area contributed by atoms with Crippen LogP contribution in [-0.2, 0) is 15.9 Å². The molecule has 0 aliphatic carbocycles. The number of hydrogen-bond donors (Lipinski definition) is 0. The number of alkyl halides is 1. The number of rotatable bonds is 13. The van der Waals surface area contributed by atoms with Crippen molar-refractivity contribution in [3.8, 4) is 0 Å². The summed E-state index contributed by atoms with van der Waals surface area (Å²) in [6, 6.07) is 21.7. The SMILES string of the molecule is CCCCC[C@@H](C[C@H]1C[C@@H](Br)C[C@@H](CCc2ccccc2)O1)O[C@@H](c1ccccc1)[Si](C)(C)C. The number of unbranched alkanes of at least 4 members (excludes halogenated alkanes) is 2. The van der Waals surface area contributed by atoms with Crippen molar-refractivity contribution in [2.24, 2.45) is 0 Å². The molecule has 4 heteroatoms. The van der Waals surface area contributed by atoms with Gasteiger partial charge < -0.3 is 9.47 Å². The average Bonchev–Trinajstić information content (AvgIpc) is 2.81. The maximum absolute atomic E-state index is 7.02. The van der Waals surface area contributed by atoms with Gasteiger partial charge in [-0.15, -0.1) is 0 Å². The number of benzene rings is 2. The van der Waals surface area contributed by atoms with E-state index in [1.165, 1.54) is 30.4 Å². The molecular weight excluding hydrogens is 500 g/mol. The minimum absolute atomic E-state index is 0.220. The Balaban J connectivity index is 1.66. The van der Waals surface area contributed by atoms with Crippen molar-refractivity contribution in [3.05, 3.63) is 71.8 Å². The summed E-state index contributed by atoms with van der Waals surface area (Å²) in [5.74, 6) is 0. The molecule has 0 N–H and O–H groups in total. The predicted molar refractivity (Wildman–Crippen MR) is 152 cm³/mol. The Labute approximate surface area is 218 Å². The largest absolute Gasteiger partial charge is 0.375 e. The van der Waals surface area contributed by atoms with Crippen molar-refractivity contribution in [3.63, 3.8) is 0 Å². The van der Waals surface area contributed by atoms with Gasteiger partial charge in [-0.2, -0.15) is 0 Å². The standard InChI is InChI=1S/C30H45BrO2Si/c1-5-6-9-18-27(33-30(34(2,3)4)25-16-12-8-13-17-25)23-29-22-26(31)21-28(32-29)20-19-24-14-10-7-11-15-24/h7-8,10-17,26-30H,5-6,9,18-23H2,1-4H3/t26-,27-,28+,29+,30+/m0/s1. The Morgan fingerprint density at radius 2 is 1.59 bits per heavy atom. The zero-order valence-corrected chi connectivity index (χ0v) is 24.3. The summed E-state index contributed by atoms with van der Waals surface area (Å²) in [6.45, 7) is 9.57. The van der Waals surface area contributed by atoms with E-state index in [4.69, 9.17) is 9.47 Å². The van der Waals surface area contributed by atoms with Gasteiger partial charge in [-0.25, -0.2) is 0 Å². The maximum atomic E-state index is 7.02. The second kappa shape index (κ2) is 14.0. The monoisotopic (exact) mass is 544 g/mol. The van der Waals surface area contributed by atoms with Gasteiger partial charge in [0.05, 0.1) is 32.1 Å². The number of aryl methyl sites for hydroxylation is 1. The molecule has 0 saturated carbocycles. The van der Waals surface area contributed by atoms with E-state index < -0.39 is 8.07 Å². The molecule has 1 fully saturated rings. The molecule has 0 aromatic heterocycles. The summed E-state index contributed by atoms with van der Waals surface area (Å²) in [5.41, 5.74) is 2.96. The van der Waals surface area contributed by atoms with E-state index in [-0.39, 0.29) is 17.9 Å². The van der Waals surface area contributed by atoms with Gasteiger partial charge in [0.2, 0.25) is 0 Å². The first kappa shape index (κ1) is 27.6. The van der Waals surface area contributed by atoms with E-state index in [9.17, 15) is 0 Å². The van der Waals surface area contributed by atoms with Crippen molar-refractivity contribution in [2.45, 2.75) is 113 Å². The molecule has 0 bridgehead atoms. The summed E-state index contributed by atoms with van der Waals surface area (Å²) < 4.78 is 13.7. The molecule has 1 heterocycles. The zero-order valence-electron chi connectivity index (χ0n) is 21.7. The van der Waals surface area contributed by atoms with E-state index in [2.05, 4.69) is 103 Å². The minimum atomic E-state index is -1.55. The predicted octanol–water partition coefficient (Wildman–Crippen LogP) is 8.90. The van der Waals surface area contributed by atoms with Gasteiger partial charge in [-0.3, -0.25) is 0 Å². The van der Waals surface area contributed by atoms with Crippen LogP contribution in [0.5, 0.6) is 0 Å². The highest BCUT2D eigenvalue weighted by atomic mass is 79.9. The second-order valence-corrected chi connectivity index (χ2v) is 17.7. The van der Waals surface area contributed by atoms with Crippen LogP contribution >= 0.6 is 15.9 Å². The fourth-order valence-electron chi connectivity index (χ4n) is 5.12. The molecular formula is C30H45BrO2Si. The third-order valence-corrected chi connectivity index (χ3v) is 9.68. The molecule has 1 saturated heterocycles. The molecule has 2 aromatic carbocycles. The first-order chi connectivity index (χ1) is 16.3. The highest BCUT2D eigenvalue weighted by Crippen LogP contribution is 2.35. The van der Waals surface area contributed by atoms with Crippen molar-refractivity contribution >= 4 is 24.0 Å². The Hall–Kier alpha value is -0.943. The fraction of sp³-hybridized carbons (Fsp3) is 0.600.